The molecule has 7 aromatic rings. The van der Waals surface area contributed by atoms with Crippen molar-refractivity contribution < 1.29 is 16.4 Å². The molecule has 0 spiro atoms. The van der Waals surface area contributed by atoms with Gasteiger partial charge in [0.25, 0.3) is 0 Å². The standard InChI is InChI=1S/C26H18N2/c1-15-12-13-16-18-7-3-8-19-17-6-4-9-20-24(17)25-21(27(20)2)10-5-11-22(25)28(26(18)19)23(16)14-15/h3-14H,1-2H3/i3D,4D,5D,6D,7D,8D,9D,10D,11D,12D,13D,14D. The lowest BCUT2D eigenvalue weighted by Crippen LogP contribution is -1.89. The average molecular weight is 371 g/mol. The third kappa shape index (κ3) is 1.49. The van der Waals surface area contributed by atoms with Crippen LogP contribution in [0.4, 0.5) is 0 Å². The molecular formula is C26H18N2. The summed E-state index contributed by atoms with van der Waals surface area (Å²) >= 11 is 0. The zero-order valence-corrected chi connectivity index (χ0v) is 14.9. The fourth-order valence-corrected chi connectivity index (χ4v) is 4.39. The van der Waals surface area contributed by atoms with Crippen LogP contribution in [0.15, 0.2) is 72.5 Å². The van der Waals surface area contributed by atoms with Crippen molar-refractivity contribution in [3.63, 3.8) is 0 Å². The van der Waals surface area contributed by atoms with Crippen molar-refractivity contribution in [2.45, 2.75) is 6.92 Å². The second-order valence-electron chi connectivity index (χ2n) is 7.01. The Bertz CT molecular complexity index is 2360. The Morgan fingerprint density at radius 1 is 0.643 bits per heavy atom. The number of aryl methyl sites for hydroxylation is 1. The minimum Gasteiger partial charge on any atom is -0.344 e. The summed E-state index contributed by atoms with van der Waals surface area (Å²) in [5, 5.41) is 0.428. The van der Waals surface area contributed by atoms with E-state index in [1.165, 1.54) is 15.9 Å². The van der Waals surface area contributed by atoms with Crippen molar-refractivity contribution in [2.24, 2.45) is 7.05 Å². The normalized spacial score (nSPS) is 18.6. The minimum absolute atomic E-state index is 0.00408. The van der Waals surface area contributed by atoms with E-state index in [1.807, 2.05) is 0 Å². The fraction of sp³-hybridized carbons (Fsp3) is 0.0769. The predicted octanol–water partition coefficient (Wildman–Crippen LogP) is 6.79. The maximum absolute atomic E-state index is 9.02. The molecule has 0 radical (unpaired) electrons. The van der Waals surface area contributed by atoms with Crippen LogP contribution in [-0.2, 0) is 7.05 Å². The smallest absolute Gasteiger partial charge is 0.0648 e. The van der Waals surface area contributed by atoms with Crippen LogP contribution in [0, 0.1) is 6.92 Å². The number of nitrogens with zero attached hydrogens (tertiary/aromatic N) is 2. The number of para-hydroxylation sites is 1. The summed E-state index contributed by atoms with van der Waals surface area (Å²) in [5.74, 6) is 0. The molecule has 28 heavy (non-hydrogen) atoms. The van der Waals surface area contributed by atoms with E-state index < -0.39 is 42.3 Å². The molecule has 3 aromatic heterocycles. The molecule has 2 nitrogen and oxygen atoms in total. The number of fused-ring (bicyclic) bond motifs is 5. The van der Waals surface area contributed by atoms with E-state index in [9.17, 15) is 0 Å². The van der Waals surface area contributed by atoms with Crippen molar-refractivity contribution in [3.05, 3.63) is 78.1 Å². The average Bonchev–Trinajstić information content (AvgIpc) is 3.37. The van der Waals surface area contributed by atoms with Crippen molar-refractivity contribution >= 4 is 59.9 Å². The lowest BCUT2D eigenvalue weighted by atomic mass is 10.0. The van der Waals surface area contributed by atoms with Crippen molar-refractivity contribution in [2.75, 3.05) is 0 Å². The van der Waals surface area contributed by atoms with Crippen LogP contribution in [0.2, 0.25) is 0 Å². The predicted molar refractivity (Wildman–Crippen MR) is 120 cm³/mol. The Kier molecular flexibility index (Phi) is 1.24. The number of hydrogen-bond donors (Lipinski definition) is 0. The van der Waals surface area contributed by atoms with Gasteiger partial charge < -0.3 is 8.97 Å². The molecule has 0 aliphatic rings. The summed E-state index contributed by atoms with van der Waals surface area (Å²) in [7, 11) is 1.56. The van der Waals surface area contributed by atoms with Crippen LogP contribution in [0.3, 0.4) is 0 Å². The van der Waals surface area contributed by atoms with Crippen molar-refractivity contribution in [1.82, 2.24) is 8.97 Å². The van der Waals surface area contributed by atoms with E-state index in [2.05, 4.69) is 0 Å². The molecule has 0 saturated carbocycles. The van der Waals surface area contributed by atoms with Crippen LogP contribution >= 0.6 is 0 Å². The summed E-state index contributed by atoms with van der Waals surface area (Å²) in [6, 6.07) is -4.43. The van der Waals surface area contributed by atoms with E-state index in [4.69, 9.17) is 16.4 Å². The van der Waals surface area contributed by atoms with Gasteiger partial charge in [0, 0.05) is 39.5 Å². The van der Waals surface area contributed by atoms with Crippen molar-refractivity contribution in [1.29, 1.82) is 0 Å². The monoisotopic (exact) mass is 370 g/mol. The highest BCUT2D eigenvalue weighted by Crippen LogP contribution is 2.42. The molecule has 0 saturated heterocycles. The van der Waals surface area contributed by atoms with Crippen LogP contribution in [0.1, 0.15) is 22.0 Å². The van der Waals surface area contributed by atoms with Crippen LogP contribution < -0.4 is 0 Å². The minimum atomic E-state index is -0.514. The van der Waals surface area contributed by atoms with E-state index in [1.54, 1.807) is 7.05 Å². The molecule has 0 amide bonds. The summed E-state index contributed by atoms with van der Waals surface area (Å²) < 4.78 is 108. The van der Waals surface area contributed by atoms with Gasteiger partial charge in [0.2, 0.25) is 0 Å². The molecule has 0 unspecified atom stereocenters. The maximum atomic E-state index is 9.02. The molecule has 0 N–H and O–H groups in total. The van der Waals surface area contributed by atoms with Crippen LogP contribution in [0.25, 0.3) is 59.9 Å². The zero-order valence-electron chi connectivity index (χ0n) is 26.9. The van der Waals surface area contributed by atoms with E-state index in [-0.39, 0.29) is 95.7 Å². The number of aromatic nitrogens is 2. The van der Waals surface area contributed by atoms with Gasteiger partial charge in [0.1, 0.15) is 0 Å². The first kappa shape index (κ1) is 7.48. The molecular weight excluding hydrogens is 340 g/mol. The number of rotatable bonds is 0. The highest BCUT2D eigenvalue weighted by Gasteiger charge is 2.19. The molecule has 0 aliphatic carbocycles. The Morgan fingerprint density at radius 2 is 1.29 bits per heavy atom. The molecule has 0 fully saturated rings. The lowest BCUT2D eigenvalue weighted by molar-refractivity contribution is 1.01. The fourth-order valence-electron chi connectivity index (χ4n) is 4.39. The quantitative estimate of drug-likeness (QED) is 0.278. The zero-order chi connectivity index (χ0) is 29.0. The van der Waals surface area contributed by atoms with Gasteiger partial charge in [0.15, 0.2) is 0 Å². The first-order chi connectivity index (χ1) is 18.7. The van der Waals surface area contributed by atoms with Crippen molar-refractivity contribution in [3.8, 4) is 0 Å². The van der Waals surface area contributed by atoms with E-state index in [0.29, 0.717) is 0 Å². The Hall–Kier alpha value is -3.52. The number of hydrogen-bond acceptors (Lipinski definition) is 0. The van der Waals surface area contributed by atoms with Gasteiger partial charge in [-0.2, -0.15) is 0 Å². The molecule has 0 aliphatic heterocycles. The van der Waals surface area contributed by atoms with Gasteiger partial charge in [-0.05, 0) is 42.0 Å². The summed E-state index contributed by atoms with van der Waals surface area (Å²) in [5.41, 5.74) is 0.616. The first-order valence-electron chi connectivity index (χ1n) is 14.8. The third-order valence-electron chi connectivity index (χ3n) is 5.55. The second kappa shape index (κ2) is 4.66. The molecule has 7 rings (SSSR count). The highest BCUT2D eigenvalue weighted by molar-refractivity contribution is 6.30. The van der Waals surface area contributed by atoms with Crippen LogP contribution in [0.5, 0.6) is 0 Å². The summed E-state index contributed by atoms with van der Waals surface area (Å²) in [6.07, 6.45) is 0. The Balaban J connectivity index is 2.15. The molecule has 0 atom stereocenters. The van der Waals surface area contributed by atoms with Crippen LogP contribution in [-0.4, -0.2) is 8.97 Å². The largest absolute Gasteiger partial charge is 0.344 e. The molecule has 2 heteroatoms. The topological polar surface area (TPSA) is 9.34 Å². The summed E-state index contributed by atoms with van der Waals surface area (Å²) in [4.78, 5) is 0. The Morgan fingerprint density at radius 3 is 2.14 bits per heavy atom. The third-order valence-corrected chi connectivity index (χ3v) is 5.55. The second-order valence-corrected chi connectivity index (χ2v) is 7.01. The Labute approximate surface area is 178 Å². The van der Waals surface area contributed by atoms with Gasteiger partial charge in [-0.15, -0.1) is 0 Å². The summed E-state index contributed by atoms with van der Waals surface area (Å²) in [6.45, 7) is 1.51. The van der Waals surface area contributed by atoms with E-state index >= 15 is 0 Å². The number of benzene rings is 4. The van der Waals surface area contributed by atoms with Gasteiger partial charge in [-0.1, -0.05) is 48.3 Å². The van der Waals surface area contributed by atoms with Gasteiger partial charge in [-0.3, -0.25) is 0 Å². The van der Waals surface area contributed by atoms with Gasteiger partial charge in [0.05, 0.1) is 38.5 Å². The molecule has 3 heterocycles. The SMILES string of the molecule is [2H]c1c(C)c([2H])c2c(c1[2H])c1c([2H])c([2H])c([2H])c3c4c([2H])c([2H])c([2H])c5c4c4c(c([2H])c([2H])c([2H])c4n2c31)n5C. The molecule has 0 bridgehead atoms. The van der Waals surface area contributed by atoms with Gasteiger partial charge in [-0.25, -0.2) is 0 Å². The van der Waals surface area contributed by atoms with Gasteiger partial charge >= 0.3 is 0 Å². The maximum Gasteiger partial charge on any atom is 0.0648 e. The molecule has 132 valence electrons. The lowest BCUT2D eigenvalue weighted by Gasteiger charge is -2.03. The first-order valence-corrected chi connectivity index (χ1v) is 8.82. The molecule has 4 aromatic carbocycles. The highest BCUT2D eigenvalue weighted by atomic mass is 15.0. The van der Waals surface area contributed by atoms with E-state index in [0.717, 1.165) is 0 Å².